The number of unbranched alkanes of at least 4 members (excludes halogenated alkanes) is 1. The van der Waals surface area contributed by atoms with E-state index >= 15 is 4.39 Å². The SMILES string of the molecule is C=C1C=C(Oc2ccc(NC(=N/C=C/CC)c3c(C)cc4c(c3F)N(CCCC)CC(C)CO4)cc2C)C=CN1/N=C\C.CC.CSF. The van der Waals surface area contributed by atoms with Crippen LogP contribution in [0.3, 0.4) is 0 Å². The molecule has 1 unspecified atom stereocenters. The van der Waals surface area contributed by atoms with Gasteiger partial charge in [0.15, 0.2) is 5.82 Å². The molecule has 10 heteroatoms. The third kappa shape index (κ3) is 11.3. The lowest BCUT2D eigenvalue weighted by Gasteiger charge is -2.27. The summed E-state index contributed by atoms with van der Waals surface area (Å²) in [7, 11) is 0. The third-order valence-corrected chi connectivity index (χ3v) is 7.23. The molecule has 0 fully saturated rings. The molecule has 0 spiro atoms. The third-order valence-electron chi connectivity index (χ3n) is 7.23. The molecule has 0 bridgehead atoms. The van der Waals surface area contributed by atoms with E-state index in [0.29, 0.717) is 46.6 Å². The first kappa shape index (κ1) is 40.1. The highest BCUT2D eigenvalue weighted by Crippen LogP contribution is 2.39. The number of allylic oxidation sites excluding steroid dienone is 3. The van der Waals surface area contributed by atoms with Crippen molar-refractivity contribution in [2.75, 3.05) is 36.2 Å². The van der Waals surface area contributed by atoms with Crippen molar-refractivity contribution in [1.29, 1.82) is 0 Å². The molecule has 2 aliphatic rings. The first-order chi connectivity index (χ1) is 23.2. The first-order valence-electron chi connectivity index (χ1n) is 16.7. The summed E-state index contributed by atoms with van der Waals surface area (Å²) in [5.41, 5.74) is 4.11. The molecule has 1 N–H and O–H groups in total. The Balaban J connectivity index is 0.00000151. The fourth-order valence-electron chi connectivity index (χ4n) is 5.05. The average Bonchev–Trinajstić information content (AvgIpc) is 3.22. The second-order valence-electron chi connectivity index (χ2n) is 11.1. The molecule has 0 aliphatic carbocycles. The van der Waals surface area contributed by atoms with Gasteiger partial charge in [0.05, 0.1) is 17.9 Å². The van der Waals surface area contributed by atoms with Gasteiger partial charge in [0, 0.05) is 67.8 Å². The molecular weight excluding hydrogens is 629 g/mol. The van der Waals surface area contributed by atoms with Gasteiger partial charge in [-0.15, -0.1) is 0 Å². The summed E-state index contributed by atoms with van der Waals surface area (Å²) in [6.45, 7) is 22.2. The zero-order valence-electron chi connectivity index (χ0n) is 30.1. The van der Waals surface area contributed by atoms with Crippen molar-refractivity contribution >= 4 is 35.6 Å². The maximum Gasteiger partial charge on any atom is 0.161 e. The Kier molecular flexibility index (Phi) is 17.6. The Bertz CT molecular complexity index is 1500. The molecule has 2 aliphatic heterocycles. The fraction of sp³-hybridized carbons (Fsp3) is 0.421. The maximum atomic E-state index is 16.7. The Morgan fingerprint density at radius 2 is 1.94 bits per heavy atom. The van der Waals surface area contributed by atoms with Crippen LogP contribution in [0.4, 0.5) is 19.7 Å². The fourth-order valence-corrected chi connectivity index (χ4v) is 5.05. The number of hydrazone groups is 1. The van der Waals surface area contributed by atoms with E-state index in [-0.39, 0.29) is 23.9 Å². The summed E-state index contributed by atoms with van der Waals surface area (Å²) in [5.74, 6) is 2.38. The predicted molar refractivity (Wildman–Crippen MR) is 203 cm³/mol. The topological polar surface area (TPSA) is 61.7 Å². The Labute approximate surface area is 291 Å². The molecular formula is C38H53F2N5O2S. The van der Waals surface area contributed by atoms with Crippen LogP contribution >= 0.6 is 12.1 Å². The number of nitrogens with one attached hydrogen (secondary N) is 1. The highest BCUT2D eigenvalue weighted by molar-refractivity contribution is 7.93. The van der Waals surface area contributed by atoms with E-state index in [9.17, 15) is 3.89 Å². The van der Waals surface area contributed by atoms with Crippen LogP contribution < -0.4 is 19.7 Å². The van der Waals surface area contributed by atoms with Crippen LogP contribution in [-0.2, 0) is 0 Å². The number of aliphatic imine (C=N–C) groups is 1. The largest absolute Gasteiger partial charge is 0.491 e. The van der Waals surface area contributed by atoms with E-state index in [1.165, 1.54) is 6.26 Å². The number of benzene rings is 2. The number of amidine groups is 1. The van der Waals surface area contributed by atoms with E-state index in [4.69, 9.17) is 14.5 Å². The van der Waals surface area contributed by atoms with Crippen LogP contribution in [0.5, 0.6) is 11.5 Å². The van der Waals surface area contributed by atoms with Crippen molar-refractivity contribution in [2.24, 2.45) is 16.0 Å². The van der Waals surface area contributed by atoms with Gasteiger partial charge in [-0.25, -0.2) is 14.4 Å². The van der Waals surface area contributed by atoms with E-state index in [0.717, 1.165) is 49.2 Å². The van der Waals surface area contributed by atoms with Crippen LogP contribution in [0.2, 0.25) is 0 Å². The number of hydrogen-bond acceptors (Lipinski definition) is 7. The molecule has 1 atom stereocenters. The molecule has 0 radical (unpaired) electrons. The van der Waals surface area contributed by atoms with Crippen molar-refractivity contribution in [3.63, 3.8) is 0 Å². The highest BCUT2D eigenvalue weighted by Gasteiger charge is 2.28. The van der Waals surface area contributed by atoms with Gasteiger partial charge in [0.2, 0.25) is 0 Å². The van der Waals surface area contributed by atoms with Gasteiger partial charge >= 0.3 is 0 Å². The van der Waals surface area contributed by atoms with E-state index in [1.807, 2.05) is 90.2 Å². The molecule has 7 nitrogen and oxygen atoms in total. The minimum absolute atomic E-state index is 0.250. The number of rotatable bonds is 10. The molecule has 2 aromatic rings. The van der Waals surface area contributed by atoms with Crippen molar-refractivity contribution in [3.05, 3.63) is 95.4 Å². The van der Waals surface area contributed by atoms with Gasteiger partial charge in [-0.3, -0.25) is 0 Å². The zero-order chi connectivity index (χ0) is 35.6. The molecule has 48 heavy (non-hydrogen) atoms. The van der Waals surface area contributed by atoms with Crippen molar-refractivity contribution in [1.82, 2.24) is 5.01 Å². The van der Waals surface area contributed by atoms with Gasteiger partial charge in [0.25, 0.3) is 0 Å². The van der Waals surface area contributed by atoms with Gasteiger partial charge in [-0.05, 0) is 75.1 Å². The molecule has 0 saturated carbocycles. The summed E-state index contributed by atoms with van der Waals surface area (Å²) < 4.78 is 39.1. The number of anilines is 2. The smallest absolute Gasteiger partial charge is 0.161 e. The minimum atomic E-state index is -0.314. The lowest BCUT2D eigenvalue weighted by atomic mass is 10.0. The Morgan fingerprint density at radius 3 is 2.56 bits per heavy atom. The van der Waals surface area contributed by atoms with Crippen LogP contribution in [0.15, 0.2) is 83.0 Å². The van der Waals surface area contributed by atoms with Gasteiger partial charge in [-0.2, -0.15) is 8.99 Å². The van der Waals surface area contributed by atoms with E-state index < -0.39 is 0 Å². The number of hydrogen-bond donors (Lipinski definition) is 1. The summed E-state index contributed by atoms with van der Waals surface area (Å²) in [6.07, 6.45) is 15.1. The lowest BCUT2D eigenvalue weighted by molar-refractivity contribution is 0.273. The van der Waals surface area contributed by atoms with Gasteiger partial charge < -0.3 is 19.7 Å². The number of ether oxygens (including phenoxy) is 2. The normalized spacial score (nSPS) is 16.0. The molecule has 2 aromatic carbocycles. The number of aryl methyl sites for hydroxylation is 2. The van der Waals surface area contributed by atoms with E-state index in [2.05, 4.69) is 35.7 Å². The average molecular weight is 682 g/mol. The highest BCUT2D eigenvalue weighted by atomic mass is 32.2. The molecule has 4 rings (SSSR count). The van der Waals surface area contributed by atoms with Gasteiger partial charge in [-0.1, -0.05) is 53.7 Å². The van der Waals surface area contributed by atoms with E-state index in [1.54, 1.807) is 17.4 Å². The first-order valence-corrected chi connectivity index (χ1v) is 17.8. The second-order valence-corrected chi connectivity index (χ2v) is 11.5. The van der Waals surface area contributed by atoms with Crippen LogP contribution in [0.1, 0.15) is 77.5 Å². The van der Waals surface area contributed by atoms with Crippen LogP contribution in [0, 0.1) is 25.6 Å². The van der Waals surface area contributed by atoms with Gasteiger partial charge in [0.1, 0.15) is 28.8 Å². The van der Waals surface area contributed by atoms with Crippen molar-refractivity contribution in [3.8, 4) is 11.5 Å². The van der Waals surface area contributed by atoms with Crippen molar-refractivity contribution in [2.45, 2.75) is 74.7 Å². The van der Waals surface area contributed by atoms with Crippen molar-refractivity contribution < 1.29 is 17.7 Å². The minimum Gasteiger partial charge on any atom is -0.491 e. The quantitative estimate of drug-likeness (QED) is 0.199. The number of nitrogens with zero attached hydrogens (tertiary/aromatic N) is 4. The second kappa shape index (κ2) is 21.0. The molecule has 0 aromatic heterocycles. The molecule has 0 saturated heterocycles. The summed E-state index contributed by atoms with van der Waals surface area (Å²) in [4.78, 5) is 6.84. The Hall–Kier alpha value is -4.05. The van der Waals surface area contributed by atoms with Crippen LogP contribution in [-0.4, -0.2) is 43.0 Å². The summed E-state index contributed by atoms with van der Waals surface area (Å²) in [6, 6.07) is 7.72. The standard InChI is InChI=1S/C35H44FN5O2.C2H6.CH3FS/c1-8-11-16-37-35(32-26(6)20-31-34(33(32)36)40(17-12-9-2)22-24(4)23-42-31)39-28-13-14-30(25(5)19-28)43-29-15-18-41(38-10-3)27(7)21-29;1-2;1-3-2/h10-11,13-16,18-21,24H,7-9,12,17,22-23H2,1-6H3,(H,37,39);1-2H3;1H3/b16-11+,38-10-;;. The van der Waals surface area contributed by atoms with Crippen LogP contribution in [0.25, 0.3) is 0 Å². The predicted octanol–water partition coefficient (Wildman–Crippen LogP) is 10.7. The summed E-state index contributed by atoms with van der Waals surface area (Å²) >= 11 is 0.250. The molecule has 262 valence electrons. The zero-order valence-corrected chi connectivity index (χ0v) is 30.9. The number of halogens is 2. The molecule has 2 heterocycles. The lowest BCUT2D eigenvalue weighted by Crippen LogP contribution is -2.30. The monoisotopic (exact) mass is 681 g/mol. The number of fused-ring (bicyclic) bond motifs is 1. The maximum absolute atomic E-state index is 16.7. The Morgan fingerprint density at radius 1 is 1.21 bits per heavy atom. The summed E-state index contributed by atoms with van der Waals surface area (Å²) in [5, 5.41) is 9.32. The molecule has 0 amide bonds.